The van der Waals surface area contributed by atoms with Crippen LogP contribution in [0.1, 0.15) is 38.2 Å². The van der Waals surface area contributed by atoms with Gasteiger partial charge < -0.3 is 5.32 Å². The predicted octanol–water partition coefficient (Wildman–Crippen LogP) is 3.63. The van der Waals surface area contributed by atoms with E-state index in [-0.39, 0.29) is 0 Å². The fourth-order valence-electron chi connectivity index (χ4n) is 2.58. The van der Waals surface area contributed by atoms with Crippen molar-refractivity contribution in [1.82, 2.24) is 5.32 Å². The van der Waals surface area contributed by atoms with Crippen molar-refractivity contribution < 1.29 is 8.78 Å². The zero-order valence-corrected chi connectivity index (χ0v) is 10.2. The average Bonchev–Trinajstić information content (AvgIpc) is 2.84. The molecular formula is C14H19F2N. The topological polar surface area (TPSA) is 12.0 Å². The molecule has 17 heavy (non-hydrogen) atoms. The Hall–Kier alpha value is -0.960. The summed E-state index contributed by atoms with van der Waals surface area (Å²) in [5, 5.41) is 3.30. The lowest BCUT2D eigenvalue weighted by molar-refractivity contribution is 0.376. The molecular weight excluding hydrogens is 220 g/mol. The Kier molecular flexibility index (Phi) is 4.11. The minimum absolute atomic E-state index is 0.375. The highest BCUT2D eigenvalue weighted by Gasteiger charge is 2.21. The summed E-state index contributed by atoms with van der Waals surface area (Å²) in [5.41, 5.74) is 0.412. The number of hydrogen-bond donors (Lipinski definition) is 1. The maximum atomic E-state index is 13.4. The molecule has 1 nitrogen and oxygen atoms in total. The van der Waals surface area contributed by atoms with Crippen molar-refractivity contribution in [2.75, 3.05) is 0 Å². The first kappa shape index (κ1) is 12.5. The Morgan fingerprint density at radius 1 is 1.29 bits per heavy atom. The molecule has 0 aromatic heterocycles. The fourth-order valence-corrected chi connectivity index (χ4v) is 2.58. The fraction of sp³-hybridized carbons (Fsp3) is 0.571. The Bertz CT molecular complexity index is 372. The molecule has 1 N–H and O–H groups in total. The van der Waals surface area contributed by atoms with Gasteiger partial charge in [-0.25, -0.2) is 8.78 Å². The number of hydrogen-bond acceptors (Lipinski definition) is 1. The molecule has 0 heterocycles. The first-order valence-corrected chi connectivity index (χ1v) is 6.34. The van der Waals surface area contributed by atoms with Gasteiger partial charge in [0.25, 0.3) is 0 Å². The molecule has 0 amide bonds. The molecule has 0 radical (unpaired) electrons. The zero-order chi connectivity index (χ0) is 12.3. The van der Waals surface area contributed by atoms with Crippen LogP contribution in [-0.4, -0.2) is 6.04 Å². The first-order chi connectivity index (χ1) is 8.18. The van der Waals surface area contributed by atoms with Crippen molar-refractivity contribution in [1.29, 1.82) is 0 Å². The Morgan fingerprint density at radius 2 is 2.00 bits per heavy atom. The van der Waals surface area contributed by atoms with E-state index in [9.17, 15) is 8.78 Å². The van der Waals surface area contributed by atoms with Crippen molar-refractivity contribution in [3.05, 3.63) is 35.4 Å². The second kappa shape index (κ2) is 5.58. The molecule has 0 unspecified atom stereocenters. The van der Waals surface area contributed by atoms with Gasteiger partial charge in [0.1, 0.15) is 0 Å². The Balaban J connectivity index is 1.90. The molecule has 3 heteroatoms. The summed E-state index contributed by atoms with van der Waals surface area (Å²) < 4.78 is 26.4. The number of rotatable bonds is 4. The van der Waals surface area contributed by atoms with Crippen LogP contribution in [0.2, 0.25) is 0 Å². The van der Waals surface area contributed by atoms with Gasteiger partial charge >= 0.3 is 0 Å². The monoisotopic (exact) mass is 239 g/mol. The van der Waals surface area contributed by atoms with Crippen LogP contribution < -0.4 is 5.32 Å². The van der Waals surface area contributed by atoms with Gasteiger partial charge in [0, 0.05) is 18.2 Å². The molecule has 1 aliphatic rings. The van der Waals surface area contributed by atoms with E-state index in [0.717, 1.165) is 6.07 Å². The molecule has 1 aromatic rings. The molecule has 2 rings (SSSR count). The molecule has 1 fully saturated rings. The smallest absolute Gasteiger partial charge is 0.163 e. The second-order valence-corrected chi connectivity index (χ2v) is 4.93. The summed E-state index contributed by atoms with van der Waals surface area (Å²) in [7, 11) is 0. The molecule has 0 bridgehead atoms. The van der Waals surface area contributed by atoms with Gasteiger partial charge in [0.05, 0.1) is 0 Å². The van der Waals surface area contributed by atoms with Crippen molar-refractivity contribution in [2.24, 2.45) is 5.92 Å². The van der Waals surface area contributed by atoms with Crippen LogP contribution in [0.4, 0.5) is 8.78 Å². The van der Waals surface area contributed by atoms with Crippen molar-refractivity contribution in [2.45, 2.75) is 45.2 Å². The maximum absolute atomic E-state index is 13.4. The molecule has 1 atom stereocenters. The van der Waals surface area contributed by atoms with Crippen LogP contribution in [0.5, 0.6) is 0 Å². The Labute approximate surface area is 101 Å². The summed E-state index contributed by atoms with van der Waals surface area (Å²) >= 11 is 0. The van der Waals surface area contributed by atoms with Gasteiger partial charge in [-0.2, -0.15) is 0 Å². The quantitative estimate of drug-likeness (QED) is 0.846. The predicted molar refractivity (Wildman–Crippen MR) is 64.6 cm³/mol. The largest absolute Gasteiger partial charge is 0.310 e. The summed E-state index contributed by atoms with van der Waals surface area (Å²) in [6.45, 7) is 2.54. The third kappa shape index (κ3) is 3.03. The summed E-state index contributed by atoms with van der Waals surface area (Å²) in [6, 6.07) is 4.71. The Morgan fingerprint density at radius 3 is 2.71 bits per heavy atom. The standard InChI is InChI=1S/C14H19F2N/c1-10(11-5-2-3-6-11)17-9-12-7-4-8-13(15)14(12)16/h4,7-8,10-11,17H,2-3,5-6,9H2,1H3/t10-/m1/s1. The van der Waals surface area contributed by atoms with Gasteiger partial charge in [0.2, 0.25) is 0 Å². The highest BCUT2D eigenvalue weighted by atomic mass is 19.2. The maximum Gasteiger partial charge on any atom is 0.163 e. The van der Waals surface area contributed by atoms with Crippen LogP contribution in [0.15, 0.2) is 18.2 Å². The lowest BCUT2D eigenvalue weighted by atomic mass is 9.99. The lowest BCUT2D eigenvalue weighted by Gasteiger charge is -2.20. The van der Waals surface area contributed by atoms with Crippen molar-refractivity contribution in [3.8, 4) is 0 Å². The minimum Gasteiger partial charge on any atom is -0.310 e. The third-order valence-corrected chi connectivity index (χ3v) is 3.75. The summed E-state index contributed by atoms with van der Waals surface area (Å²) in [6.07, 6.45) is 5.09. The summed E-state index contributed by atoms with van der Waals surface area (Å²) in [4.78, 5) is 0. The molecule has 94 valence electrons. The SMILES string of the molecule is C[C@@H](NCc1cccc(F)c1F)C1CCCC1. The molecule has 0 spiro atoms. The van der Waals surface area contributed by atoms with E-state index >= 15 is 0 Å². The second-order valence-electron chi connectivity index (χ2n) is 4.93. The lowest BCUT2D eigenvalue weighted by Crippen LogP contribution is -2.32. The third-order valence-electron chi connectivity index (χ3n) is 3.75. The van der Waals surface area contributed by atoms with Gasteiger partial charge in [-0.05, 0) is 31.7 Å². The molecule has 1 aliphatic carbocycles. The van der Waals surface area contributed by atoms with Crippen LogP contribution >= 0.6 is 0 Å². The van der Waals surface area contributed by atoms with Crippen LogP contribution in [0, 0.1) is 17.6 Å². The summed E-state index contributed by atoms with van der Waals surface area (Å²) in [5.74, 6) is -0.803. The van der Waals surface area contributed by atoms with Crippen LogP contribution in [-0.2, 0) is 6.54 Å². The van der Waals surface area contributed by atoms with Gasteiger partial charge in [-0.3, -0.25) is 0 Å². The molecule has 0 saturated heterocycles. The average molecular weight is 239 g/mol. The highest BCUT2D eigenvalue weighted by Crippen LogP contribution is 2.27. The van der Waals surface area contributed by atoms with E-state index in [4.69, 9.17) is 0 Å². The van der Waals surface area contributed by atoms with E-state index in [0.29, 0.717) is 24.1 Å². The van der Waals surface area contributed by atoms with Gasteiger partial charge in [-0.15, -0.1) is 0 Å². The minimum atomic E-state index is -0.766. The molecule has 0 aliphatic heterocycles. The van der Waals surface area contributed by atoms with E-state index in [1.54, 1.807) is 12.1 Å². The van der Waals surface area contributed by atoms with Crippen molar-refractivity contribution >= 4 is 0 Å². The van der Waals surface area contributed by atoms with Gasteiger partial charge in [0.15, 0.2) is 11.6 Å². The van der Waals surface area contributed by atoms with E-state index < -0.39 is 11.6 Å². The first-order valence-electron chi connectivity index (χ1n) is 6.34. The molecule has 1 aromatic carbocycles. The highest BCUT2D eigenvalue weighted by molar-refractivity contribution is 5.18. The van der Waals surface area contributed by atoms with E-state index in [1.165, 1.54) is 25.7 Å². The van der Waals surface area contributed by atoms with Gasteiger partial charge in [-0.1, -0.05) is 25.0 Å². The normalized spacial score (nSPS) is 18.5. The number of nitrogens with one attached hydrogen (secondary N) is 1. The van der Waals surface area contributed by atoms with E-state index in [2.05, 4.69) is 12.2 Å². The van der Waals surface area contributed by atoms with E-state index in [1.807, 2.05) is 0 Å². The molecule has 1 saturated carbocycles. The van der Waals surface area contributed by atoms with Crippen LogP contribution in [0.25, 0.3) is 0 Å². The number of benzene rings is 1. The number of halogens is 2. The van der Waals surface area contributed by atoms with Crippen LogP contribution in [0.3, 0.4) is 0 Å². The zero-order valence-electron chi connectivity index (χ0n) is 10.2. The van der Waals surface area contributed by atoms with Crippen molar-refractivity contribution in [3.63, 3.8) is 0 Å².